The molecule has 3 aliphatic rings. The molecular weight excluding hydrogens is 502 g/mol. The van der Waals surface area contributed by atoms with E-state index in [2.05, 4.69) is 49.2 Å². The molecule has 204 valence electrons. The van der Waals surface area contributed by atoms with Gasteiger partial charge in [0, 0.05) is 35.7 Å². The monoisotopic (exact) mass is 539 g/mol. The Hall–Kier alpha value is -3.01. The van der Waals surface area contributed by atoms with Crippen molar-refractivity contribution in [3.05, 3.63) is 41.6 Å². The number of hydrogen-bond donors (Lipinski definition) is 1. The summed E-state index contributed by atoms with van der Waals surface area (Å²) in [5.41, 5.74) is 0.510. The van der Waals surface area contributed by atoms with E-state index in [1.807, 2.05) is 0 Å². The van der Waals surface area contributed by atoms with Crippen LogP contribution in [0, 0.1) is 5.92 Å². The summed E-state index contributed by atoms with van der Waals surface area (Å²) in [4.78, 5) is 39.7. The summed E-state index contributed by atoms with van der Waals surface area (Å²) in [5, 5.41) is -0.293. The summed E-state index contributed by atoms with van der Waals surface area (Å²) in [7, 11) is -4.30. The number of aromatic nitrogens is 2. The Bertz CT molecular complexity index is 1380. The van der Waals surface area contributed by atoms with Crippen molar-refractivity contribution in [3.63, 3.8) is 0 Å². The predicted octanol–water partition coefficient (Wildman–Crippen LogP) is 4.18. The molecule has 0 aromatic carbocycles. The van der Waals surface area contributed by atoms with Crippen LogP contribution in [-0.2, 0) is 20.2 Å². The normalized spacial score (nSPS) is 25.1. The van der Waals surface area contributed by atoms with E-state index in [4.69, 9.17) is 4.98 Å². The summed E-state index contributed by atoms with van der Waals surface area (Å²) in [6.07, 6.45) is 4.68. The van der Waals surface area contributed by atoms with Gasteiger partial charge in [-0.15, -0.1) is 0 Å². The summed E-state index contributed by atoms with van der Waals surface area (Å²) in [6.45, 7) is 11.2. The quantitative estimate of drug-likeness (QED) is 0.534. The standard InChI is InChI=1S/C28H37N5O4S/c1-27(2,3)21-15-14-20-25(29-21)32-17-18(16-28(32,4)5)12-13-19-8-6-11-24(34)33(19)22-9-7-10-23(30-22)38(36,37)31-26(20)35/h7,9-10,14-15,18-19H,6,8,11-13,16-17H2,1-5H3,(H,31,35)/t18-,19?/m0/s1. The number of carbonyl (C=O) groups excluding carboxylic acids is 2. The van der Waals surface area contributed by atoms with Gasteiger partial charge in [0.15, 0.2) is 5.03 Å². The van der Waals surface area contributed by atoms with Gasteiger partial charge in [0.05, 0.1) is 5.56 Å². The van der Waals surface area contributed by atoms with Crippen molar-refractivity contribution in [3.8, 4) is 0 Å². The van der Waals surface area contributed by atoms with E-state index in [0.29, 0.717) is 30.5 Å². The molecule has 4 bridgehead atoms. The largest absolute Gasteiger partial charge is 0.351 e. The van der Waals surface area contributed by atoms with Crippen LogP contribution in [0.25, 0.3) is 0 Å². The zero-order valence-electron chi connectivity index (χ0n) is 22.8. The van der Waals surface area contributed by atoms with E-state index >= 15 is 0 Å². The first-order valence-corrected chi connectivity index (χ1v) is 14.9. The smallest absolute Gasteiger partial charge is 0.281 e. The van der Waals surface area contributed by atoms with Gasteiger partial charge in [-0.1, -0.05) is 26.8 Å². The molecule has 0 radical (unpaired) electrons. The number of piperidine rings is 1. The molecule has 3 aliphatic heterocycles. The second-order valence-electron chi connectivity index (χ2n) is 12.5. The summed E-state index contributed by atoms with van der Waals surface area (Å²) < 4.78 is 28.9. The molecule has 1 unspecified atom stereocenters. The summed E-state index contributed by atoms with van der Waals surface area (Å²) in [6, 6.07) is 8.01. The van der Waals surface area contributed by atoms with Crippen molar-refractivity contribution in [2.75, 3.05) is 16.3 Å². The average molecular weight is 540 g/mol. The molecule has 10 heteroatoms. The minimum absolute atomic E-state index is 0.0449. The van der Waals surface area contributed by atoms with Crippen molar-refractivity contribution >= 4 is 33.5 Å². The number of carbonyl (C=O) groups is 2. The highest BCUT2D eigenvalue weighted by atomic mass is 32.2. The number of anilines is 2. The number of hydrogen-bond acceptors (Lipinski definition) is 7. The van der Waals surface area contributed by atoms with Gasteiger partial charge in [-0.3, -0.25) is 14.5 Å². The highest BCUT2D eigenvalue weighted by Gasteiger charge is 2.42. The lowest BCUT2D eigenvalue weighted by Gasteiger charge is -2.35. The van der Waals surface area contributed by atoms with E-state index in [1.54, 1.807) is 29.2 Å². The van der Waals surface area contributed by atoms with E-state index in [0.717, 1.165) is 37.8 Å². The molecule has 2 aromatic rings. The Morgan fingerprint density at radius 1 is 1.03 bits per heavy atom. The highest BCUT2D eigenvalue weighted by molar-refractivity contribution is 7.90. The Balaban J connectivity index is 1.65. The predicted molar refractivity (Wildman–Crippen MR) is 146 cm³/mol. The molecule has 1 N–H and O–H groups in total. The Kier molecular flexibility index (Phi) is 6.52. The van der Waals surface area contributed by atoms with Crippen LogP contribution in [0.2, 0.25) is 0 Å². The number of fused-ring (bicyclic) bond motifs is 8. The number of rotatable bonds is 0. The first-order valence-electron chi connectivity index (χ1n) is 13.4. The maximum atomic E-state index is 13.5. The number of amides is 2. The Morgan fingerprint density at radius 2 is 1.79 bits per heavy atom. The second kappa shape index (κ2) is 9.32. The third-order valence-electron chi connectivity index (χ3n) is 8.03. The molecule has 2 atom stereocenters. The van der Waals surface area contributed by atoms with Gasteiger partial charge in [0.1, 0.15) is 11.6 Å². The lowest BCUT2D eigenvalue weighted by molar-refractivity contribution is -0.120. The van der Waals surface area contributed by atoms with E-state index in [1.165, 1.54) is 6.07 Å². The molecule has 9 nitrogen and oxygen atoms in total. The molecule has 0 spiro atoms. The van der Waals surface area contributed by atoms with Crippen molar-refractivity contribution in [2.45, 2.75) is 95.2 Å². The summed E-state index contributed by atoms with van der Waals surface area (Å²) in [5.74, 6) is 0.365. The average Bonchev–Trinajstić information content (AvgIpc) is 3.15. The van der Waals surface area contributed by atoms with Crippen molar-refractivity contribution in [2.24, 2.45) is 5.92 Å². The van der Waals surface area contributed by atoms with E-state index in [-0.39, 0.29) is 33.5 Å². The third-order valence-corrected chi connectivity index (χ3v) is 9.26. The van der Waals surface area contributed by atoms with Gasteiger partial charge in [-0.2, -0.15) is 8.42 Å². The zero-order chi connectivity index (χ0) is 27.5. The topological polar surface area (TPSA) is 113 Å². The molecule has 2 amide bonds. The Labute approximate surface area is 225 Å². The van der Waals surface area contributed by atoms with E-state index in [9.17, 15) is 18.0 Å². The fourth-order valence-corrected chi connectivity index (χ4v) is 7.01. The minimum atomic E-state index is -4.30. The van der Waals surface area contributed by atoms with Crippen LogP contribution in [-0.4, -0.2) is 48.3 Å². The third kappa shape index (κ3) is 4.90. The van der Waals surface area contributed by atoms with Crippen LogP contribution in [0.5, 0.6) is 0 Å². The lowest BCUT2D eigenvalue weighted by atomic mass is 9.89. The van der Waals surface area contributed by atoms with Crippen LogP contribution in [0.1, 0.15) is 89.2 Å². The number of pyridine rings is 2. The van der Waals surface area contributed by atoms with Gasteiger partial charge in [0.25, 0.3) is 15.9 Å². The van der Waals surface area contributed by atoms with Crippen LogP contribution >= 0.6 is 0 Å². The number of nitrogens with one attached hydrogen (secondary N) is 1. The lowest BCUT2D eigenvalue weighted by Crippen LogP contribution is -2.44. The SMILES string of the molecule is CC(C)(C)c1ccc2c(n1)N1C[C@@H](CCC3CCCC(=O)N3c3cccc(n3)S(=O)(=O)NC2=O)CC1(C)C. The van der Waals surface area contributed by atoms with Crippen molar-refractivity contribution in [1.82, 2.24) is 14.7 Å². The fraction of sp³-hybridized carbons (Fsp3) is 0.571. The summed E-state index contributed by atoms with van der Waals surface area (Å²) >= 11 is 0. The molecule has 2 fully saturated rings. The molecular formula is C28H37N5O4S. The van der Waals surface area contributed by atoms with Gasteiger partial charge < -0.3 is 4.90 Å². The van der Waals surface area contributed by atoms with Crippen molar-refractivity contribution in [1.29, 1.82) is 0 Å². The van der Waals surface area contributed by atoms with E-state index < -0.39 is 15.9 Å². The fourth-order valence-electron chi connectivity index (χ4n) is 6.08. The Morgan fingerprint density at radius 3 is 2.53 bits per heavy atom. The van der Waals surface area contributed by atoms with Gasteiger partial charge in [0.2, 0.25) is 5.91 Å². The van der Waals surface area contributed by atoms with Crippen LogP contribution < -0.4 is 14.5 Å². The number of nitrogens with zero attached hydrogens (tertiary/aromatic N) is 4. The molecule has 0 saturated carbocycles. The molecule has 2 saturated heterocycles. The van der Waals surface area contributed by atoms with Crippen molar-refractivity contribution < 1.29 is 18.0 Å². The van der Waals surface area contributed by atoms with Gasteiger partial charge in [-0.05, 0) is 76.1 Å². The zero-order valence-corrected chi connectivity index (χ0v) is 23.6. The molecule has 5 heterocycles. The maximum Gasteiger partial charge on any atom is 0.281 e. The van der Waals surface area contributed by atoms with Crippen LogP contribution in [0.4, 0.5) is 11.6 Å². The molecule has 2 aromatic heterocycles. The van der Waals surface area contributed by atoms with Crippen LogP contribution in [0.15, 0.2) is 35.4 Å². The minimum Gasteiger partial charge on any atom is -0.351 e. The highest BCUT2D eigenvalue weighted by Crippen LogP contribution is 2.41. The molecule has 5 rings (SSSR count). The second-order valence-corrected chi connectivity index (χ2v) is 14.1. The number of sulfonamides is 1. The van der Waals surface area contributed by atoms with Crippen LogP contribution in [0.3, 0.4) is 0 Å². The van der Waals surface area contributed by atoms with Gasteiger partial charge in [-0.25, -0.2) is 14.7 Å². The maximum absolute atomic E-state index is 13.5. The molecule has 0 aliphatic carbocycles. The first kappa shape index (κ1) is 26.6. The van der Waals surface area contributed by atoms with Gasteiger partial charge >= 0.3 is 0 Å². The molecule has 38 heavy (non-hydrogen) atoms. The first-order chi connectivity index (χ1) is 17.8.